The molecule has 0 aliphatic rings. The number of nitrogens with two attached hydrogens (primary N) is 1. The largest absolute Gasteiger partial charge is 0.368 e. The van der Waals surface area contributed by atoms with Crippen LogP contribution < -0.4 is 32.3 Å². The van der Waals surface area contributed by atoms with E-state index in [0.29, 0.717) is 17.1 Å². The van der Waals surface area contributed by atoms with Gasteiger partial charge in [0.15, 0.2) is 11.6 Å². The van der Waals surface area contributed by atoms with Crippen molar-refractivity contribution < 1.29 is 38.4 Å². The minimum atomic E-state index is -1.29. The summed E-state index contributed by atoms with van der Waals surface area (Å²) in [6, 6.07) is 2.82. The summed E-state index contributed by atoms with van der Waals surface area (Å²) in [6.45, 7) is 5.20. The van der Waals surface area contributed by atoms with Gasteiger partial charge in [-0.25, -0.2) is 0 Å². The van der Waals surface area contributed by atoms with Crippen LogP contribution in [0, 0.1) is 11.8 Å². The predicted molar refractivity (Wildman–Crippen MR) is 173 cm³/mol. The first kappa shape index (κ1) is 39.1. The summed E-state index contributed by atoms with van der Waals surface area (Å²) >= 11 is 8.29. The lowest BCUT2D eigenvalue weighted by molar-refractivity contribution is -0.132. The molecule has 1 aromatic rings. The van der Waals surface area contributed by atoms with Crippen molar-refractivity contribution in [1.82, 2.24) is 26.6 Å². The molecule has 0 bridgehead atoms. The van der Waals surface area contributed by atoms with Gasteiger partial charge in [0.1, 0.15) is 12.1 Å². The summed E-state index contributed by atoms with van der Waals surface area (Å²) in [4.78, 5) is 98.3. The van der Waals surface area contributed by atoms with Gasteiger partial charge in [0, 0.05) is 35.0 Å². The molecule has 0 aliphatic carbocycles. The molecule has 0 saturated heterocycles. The highest BCUT2D eigenvalue weighted by atomic mass is 32.1. The summed E-state index contributed by atoms with van der Waals surface area (Å²) in [7, 11) is 0. The molecule has 0 fully saturated rings. The van der Waals surface area contributed by atoms with Crippen LogP contribution in [0.2, 0.25) is 0 Å². The first-order valence-corrected chi connectivity index (χ1v) is 15.5. The van der Waals surface area contributed by atoms with Crippen molar-refractivity contribution >= 4 is 72.3 Å². The second-order valence-electron chi connectivity index (χ2n) is 10.7. The van der Waals surface area contributed by atoms with Crippen LogP contribution in [0.3, 0.4) is 0 Å². The average Bonchev–Trinajstić information content (AvgIpc) is 2.99. The Kier molecular flexibility index (Phi) is 16.9. The molecule has 16 heteroatoms. The van der Waals surface area contributed by atoms with E-state index in [-0.39, 0.29) is 41.8 Å². The van der Waals surface area contributed by atoms with Gasteiger partial charge in [-0.05, 0) is 38.3 Å². The van der Waals surface area contributed by atoms with Gasteiger partial charge >= 0.3 is 0 Å². The fraction of sp³-hybridized carbons (Fsp3) is 0.517. The molecule has 0 saturated carbocycles. The van der Waals surface area contributed by atoms with Gasteiger partial charge in [-0.3, -0.25) is 38.4 Å². The number of hydrogen-bond donors (Lipinski definition) is 8. The van der Waals surface area contributed by atoms with Crippen LogP contribution in [0.25, 0.3) is 0 Å². The highest BCUT2D eigenvalue weighted by Gasteiger charge is 2.28. The van der Waals surface area contributed by atoms with E-state index in [9.17, 15) is 38.4 Å². The average molecular weight is 667 g/mol. The lowest BCUT2D eigenvalue weighted by atomic mass is 9.99. The van der Waals surface area contributed by atoms with Crippen LogP contribution in [-0.4, -0.2) is 89.7 Å². The summed E-state index contributed by atoms with van der Waals surface area (Å²) in [5.41, 5.74) is 5.65. The quantitative estimate of drug-likeness (QED) is 0.0686. The van der Waals surface area contributed by atoms with Crippen molar-refractivity contribution in [3.8, 4) is 0 Å². The van der Waals surface area contributed by atoms with Crippen LogP contribution in [0.1, 0.15) is 61.3 Å². The van der Waals surface area contributed by atoms with Gasteiger partial charge in [-0.15, -0.1) is 0 Å². The maximum Gasteiger partial charge on any atom is 0.251 e. The Morgan fingerprint density at radius 1 is 0.756 bits per heavy atom. The lowest BCUT2D eigenvalue weighted by Gasteiger charge is -2.24. The number of hydrogen-bond acceptors (Lipinski definition) is 10. The lowest BCUT2D eigenvalue weighted by Crippen LogP contribution is -2.53. The van der Waals surface area contributed by atoms with Crippen molar-refractivity contribution in [2.75, 3.05) is 24.6 Å². The Bertz CT molecular complexity index is 1250. The second kappa shape index (κ2) is 19.5. The Balaban J connectivity index is 2.84. The van der Waals surface area contributed by atoms with Crippen LogP contribution in [0.15, 0.2) is 24.3 Å². The molecule has 45 heavy (non-hydrogen) atoms. The zero-order chi connectivity index (χ0) is 34.3. The normalized spacial score (nSPS) is 12.8. The van der Waals surface area contributed by atoms with Crippen molar-refractivity contribution in [2.24, 2.45) is 17.6 Å². The standard InChI is InChI=1S/C29H42N6O8S2/c1-15(2)25(29(43)33-16(3)17(4)36)35-23(38)10-9-21(28(42)31-11-22(30)37)34-24(39)12-32-27(41)19-7-5-18(6-8-19)26(40)20(13-44)14-45/h5-8,15-16,20-21,25,44-45H,9-14H2,1-4H3,(H2,30,37)(H,31,42)(H,32,41)(H,33,43)(H,34,39)(H,35,38)/t16-,21-,25-/m0/s1. The zero-order valence-electron chi connectivity index (χ0n) is 25.7. The molecule has 1 rings (SSSR count). The Morgan fingerprint density at radius 2 is 1.33 bits per heavy atom. The Labute approximate surface area is 273 Å². The molecule has 7 N–H and O–H groups in total. The number of benzene rings is 1. The fourth-order valence-electron chi connectivity index (χ4n) is 3.78. The monoisotopic (exact) mass is 666 g/mol. The molecule has 1 aromatic carbocycles. The number of thiol groups is 2. The van der Waals surface area contributed by atoms with E-state index in [2.05, 4.69) is 51.8 Å². The number of Topliss-reactive ketones (excluding diaryl/α,β-unsaturated/α-hetero) is 2. The van der Waals surface area contributed by atoms with Gasteiger partial charge < -0.3 is 32.3 Å². The molecule has 0 unspecified atom stereocenters. The van der Waals surface area contributed by atoms with E-state index >= 15 is 0 Å². The van der Waals surface area contributed by atoms with Crippen molar-refractivity contribution in [3.63, 3.8) is 0 Å². The van der Waals surface area contributed by atoms with Crippen LogP contribution in [-0.2, 0) is 28.8 Å². The third kappa shape index (κ3) is 13.7. The molecule has 0 aromatic heterocycles. The maximum absolute atomic E-state index is 12.7. The summed E-state index contributed by atoms with van der Waals surface area (Å²) in [5.74, 6) is -4.65. The topological polar surface area (TPSA) is 223 Å². The first-order chi connectivity index (χ1) is 21.1. The number of carbonyl (C=O) groups is 8. The molecule has 0 heterocycles. The SMILES string of the molecule is CC(=O)[C@H](C)NC(=O)[C@@H](NC(=O)CC[C@H](NC(=O)CNC(=O)c1ccc(C(=O)C(CS)CS)cc1)C(=O)NCC(N)=O)C(C)C. The number of nitrogens with one attached hydrogen (secondary N) is 5. The van der Waals surface area contributed by atoms with E-state index in [1.54, 1.807) is 13.8 Å². The molecular formula is C29H42N6O8S2. The maximum atomic E-state index is 12.7. The molecule has 248 valence electrons. The van der Waals surface area contributed by atoms with Gasteiger partial charge in [0.25, 0.3) is 5.91 Å². The Hall–Kier alpha value is -3.92. The summed E-state index contributed by atoms with van der Waals surface area (Å²) in [5, 5.41) is 12.2. The third-order valence-corrected chi connectivity index (χ3v) is 7.52. The molecule has 0 radical (unpaired) electrons. The van der Waals surface area contributed by atoms with Gasteiger partial charge in [0.05, 0.1) is 19.1 Å². The minimum Gasteiger partial charge on any atom is -0.368 e. The summed E-state index contributed by atoms with van der Waals surface area (Å²) < 4.78 is 0. The molecular weight excluding hydrogens is 624 g/mol. The van der Waals surface area contributed by atoms with E-state index < -0.39 is 66.7 Å². The molecule has 0 aliphatic heterocycles. The Morgan fingerprint density at radius 3 is 1.84 bits per heavy atom. The molecule has 6 amide bonds. The van der Waals surface area contributed by atoms with Gasteiger partial charge in [-0.2, -0.15) is 25.3 Å². The van der Waals surface area contributed by atoms with E-state index in [1.807, 2.05) is 0 Å². The second-order valence-corrected chi connectivity index (χ2v) is 11.4. The van der Waals surface area contributed by atoms with Crippen LogP contribution in [0.5, 0.6) is 0 Å². The van der Waals surface area contributed by atoms with Crippen molar-refractivity contribution in [1.29, 1.82) is 0 Å². The highest BCUT2D eigenvalue weighted by molar-refractivity contribution is 7.81. The summed E-state index contributed by atoms with van der Waals surface area (Å²) in [6.07, 6.45) is -0.520. The van der Waals surface area contributed by atoms with Crippen molar-refractivity contribution in [2.45, 2.75) is 58.7 Å². The molecule has 14 nitrogen and oxygen atoms in total. The number of rotatable bonds is 19. The predicted octanol–water partition coefficient (Wildman–Crippen LogP) is -0.824. The highest BCUT2D eigenvalue weighted by Crippen LogP contribution is 2.13. The number of amides is 6. The van der Waals surface area contributed by atoms with Crippen molar-refractivity contribution in [3.05, 3.63) is 35.4 Å². The minimum absolute atomic E-state index is 0.161. The van der Waals surface area contributed by atoms with Gasteiger partial charge in [-0.1, -0.05) is 26.0 Å². The zero-order valence-corrected chi connectivity index (χ0v) is 27.5. The van der Waals surface area contributed by atoms with Crippen LogP contribution >= 0.6 is 25.3 Å². The van der Waals surface area contributed by atoms with Crippen LogP contribution in [0.4, 0.5) is 0 Å². The fourth-order valence-corrected chi connectivity index (χ4v) is 4.57. The van der Waals surface area contributed by atoms with Gasteiger partial charge in [0.2, 0.25) is 29.5 Å². The van der Waals surface area contributed by atoms with E-state index in [4.69, 9.17) is 5.73 Å². The molecule has 0 spiro atoms. The smallest absolute Gasteiger partial charge is 0.251 e. The third-order valence-electron chi connectivity index (χ3n) is 6.64. The van der Waals surface area contributed by atoms with E-state index in [1.165, 1.54) is 38.1 Å². The number of ketones is 2. The molecule has 3 atom stereocenters. The first-order valence-electron chi connectivity index (χ1n) is 14.2. The number of primary amides is 1. The van der Waals surface area contributed by atoms with E-state index in [0.717, 1.165) is 0 Å². The number of carbonyl (C=O) groups excluding carboxylic acids is 8.